The molecular weight excluding hydrogens is 496 g/mol. The summed E-state index contributed by atoms with van der Waals surface area (Å²) >= 11 is 0. The van der Waals surface area contributed by atoms with Crippen LogP contribution in [0.5, 0.6) is 0 Å². The van der Waals surface area contributed by atoms with E-state index in [1.54, 1.807) is 9.80 Å². The van der Waals surface area contributed by atoms with Crippen LogP contribution in [-0.4, -0.2) is 93.0 Å². The zero-order valence-corrected chi connectivity index (χ0v) is 21.1. The molecule has 11 nitrogen and oxygen atoms in total. The second-order valence-electron chi connectivity index (χ2n) is 8.65. The molecule has 2 fully saturated rings. The van der Waals surface area contributed by atoms with Crippen molar-refractivity contribution in [1.82, 2.24) is 9.80 Å². The molecule has 2 aromatic rings. The van der Waals surface area contributed by atoms with E-state index in [0.717, 1.165) is 11.1 Å². The van der Waals surface area contributed by atoms with Crippen LogP contribution >= 0.6 is 0 Å². The van der Waals surface area contributed by atoms with Crippen LogP contribution in [0, 0.1) is 0 Å². The lowest BCUT2D eigenvalue weighted by Crippen LogP contribution is -2.40. The highest BCUT2D eigenvalue weighted by molar-refractivity contribution is 5.75. The molecule has 0 aliphatic carbocycles. The van der Waals surface area contributed by atoms with Crippen molar-refractivity contribution < 1.29 is 42.8 Å². The molecule has 2 heterocycles. The smallest absolute Gasteiger partial charge is 0.458 e. The number of ether oxygens (including phenoxy) is 6. The lowest BCUT2D eigenvalue weighted by Gasteiger charge is -2.22. The van der Waals surface area contributed by atoms with Crippen molar-refractivity contribution in [2.24, 2.45) is 0 Å². The second-order valence-corrected chi connectivity index (χ2v) is 8.65. The Morgan fingerprint density at radius 3 is 1.50 bits per heavy atom. The molecule has 2 aliphatic rings. The van der Waals surface area contributed by atoms with Crippen LogP contribution < -0.4 is 0 Å². The highest BCUT2D eigenvalue weighted by atomic mass is 16.7. The van der Waals surface area contributed by atoms with Crippen LogP contribution in [-0.2, 0) is 51.2 Å². The summed E-state index contributed by atoms with van der Waals surface area (Å²) in [7, 11) is 0. The van der Waals surface area contributed by atoms with Gasteiger partial charge in [0.1, 0.15) is 26.4 Å². The number of hydrogen-bond acceptors (Lipinski definition) is 11. The van der Waals surface area contributed by atoms with Gasteiger partial charge in [-0.15, -0.1) is 0 Å². The summed E-state index contributed by atoms with van der Waals surface area (Å²) in [6.07, 6.45) is -2.52. The molecule has 2 unspecified atom stereocenters. The Balaban J connectivity index is 1.10. The van der Waals surface area contributed by atoms with Gasteiger partial charge in [0.2, 0.25) is 12.5 Å². The summed E-state index contributed by atoms with van der Waals surface area (Å²) in [6, 6.07) is 18.7. The van der Waals surface area contributed by atoms with E-state index in [1.807, 2.05) is 60.7 Å². The molecule has 2 aliphatic heterocycles. The third kappa shape index (κ3) is 8.25. The van der Waals surface area contributed by atoms with Gasteiger partial charge in [0.05, 0.1) is 13.2 Å². The first-order valence-electron chi connectivity index (χ1n) is 12.5. The maximum absolute atomic E-state index is 12.4. The number of benzene rings is 2. The average Bonchev–Trinajstić information content (AvgIpc) is 3.61. The Bertz CT molecular complexity index is 956. The summed E-state index contributed by atoms with van der Waals surface area (Å²) in [6.45, 7) is 2.71. The summed E-state index contributed by atoms with van der Waals surface area (Å²) in [4.78, 5) is 40.3. The normalized spacial score (nSPS) is 19.7. The fourth-order valence-corrected chi connectivity index (χ4v) is 4.03. The quantitative estimate of drug-likeness (QED) is 0.298. The first-order valence-corrected chi connectivity index (χ1v) is 12.5. The number of carbonyl (C=O) groups excluding carboxylic acids is 3. The molecule has 2 atom stereocenters. The van der Waals surface area contributed by atoms with Crippen molar-refractivity contribution >= 4 is 18.1 Å². The third-order valence-corrected chi connectivity index (χ3v) is 6.02. The van der Waals surface area contributed by atoms with Crippen molar-refractivity contribution in [2.75, 3.05) is 52.6 Å². The Morgan fingerprint density at radius 2 is 1.08 bits per heavy atom. The van der Waals surface area contributed by atoms with Crippen molar-refractivity contribution in [3.8, 4) is 0 Å². The number of rotatable bonds is 12. The minimum absolute atomic E-state index is 0.0198. The number of nitrogens with zero attached hydrogens (tertiary/aromatic N) is 2. The van der Waals surface area contributed by atoms with Crippen molar-refractivity contribution in [1.29, 1.82) is 0 Å². The molecule has 0 aromatic heterocycles. The molecule has 0 N–H and O–H groups in total. The molecule has 11 heteroatoms. The van der Waals surface area contributed by atoms with Gasteiger partial charge < -0.3 is 28.4 Å². The molecule has 0 saturated carbocycles. The van der Waals surface area contributed by atoms with Gasteiger partial charge >= 0.3 is 18.1 Å². The summed E-state index contributed by atoms with van der Waals surface area (Å²) in [5.41, 5.74) is 1.76. The number of carbonyl (C=O) groups is 3. The van der Waals surface area contributed by atoms with Gasteiger partial charge in [-0.2, -0.15) is 0 Å². The zero-order valence-electron chi connectivity index (χ0n) is 21.1. The molecule has 2 aromatic carbocycles. The van der Waals surface area contributed by atoms with Gasteiger partial charge in [0.15, 0.2) is 0 Å². The largest absolute Gasteiger partial charge is 0.508 e. The molecule has 0 radical (unpaired) electrons. The van der Waals surface area contributed by atoms with Crippen LogP contribution in [0.15, 0.2) is 60.7 Å². The average molecular weight is 529 g/mol. The van der Waals surface area contributed by atoms with E-state index in [-0.39, 0.29) is 39.5 Å². The predicted octanol–water partition coefficient (Wildman–Crippen LogP) is 1.94. The first kappa shape index (κ1) is 27.5. The van der Waals surface area contributed by atoms with Crippen LogP contribution in [0.2, 0.25) is 0 Å². The molecule has 4 rings (SSSR count). The number of esters is 2. The SMILES string of the molecule is O=C(OCCN1CCOC1C(=O)OCc1ccccc1)OCCN1CCOC1C(=O)OCc1ccccc1. The summed E-state index contributed by atoms with van der Waals surface area (Å²) in [5.74, 6) is -0.975. The van der Waals surface area contributed by atoms with E-state index < -0.39 is 30.5 Å². The second kappa shape index (κ2) is 14.4. The van der Waals surface area contributed by atoms with Gasteiger partial charge in [-0.3, -0.25) is 9.80 Å². The molecule has 0 spiro atoms. The first-order chi connectivity index (χ1) is 18.6. The van der Waals surface area contributed by atoms with Crippen LogP contribution in [0.1, 0.15) is 11.1 Å². The molecule has 0 amide bonds. The van der Waals surface area contributed by atoms with Crippen LogP contribution in [0.25, 0.3) is 0 Å². The van der Waals surface area contributed by atoms with E-state index in [4.69, 9.17) is 28.4 Å². The van der Waals surface area contributed by atoms with E-state index in [1.165, 1.54) is 0 Å². The minimum Gasteiger partial charge on any atom is -0.458 e. The van der Waals surface area contributed by atoms with E-state index in [0.29, 0.717) is 26.3 Å². The van der Waals surface area contributed by atoms with Crippen LogP contribution in [0.4, 0.5) is 4.79 Å². The maximum atomic E-state index is 12.4. The lowest BCUT2D eigenvalue weighted by molar-refractivity contribution is -0.163. The Kier molecular flexibility index (Phi) is 10.5. The molecule has 204 valence electrons. The van der Waals surface area contributed by atoms with Crippen molar-refractivity contribution in [3.63, 3.8) is 0 Å². The van der Waals surface area contributed by atoms with Crippen LogP contribution in [0.3, 0.4) is 0 Å². The predicted molar refractivity (Wildman–Crippen MR) is 132 cm³/mol. The fourth-order valence-electron chi connectivity index (χ4n) is 4.03. The van der Waals surface area contributed by atoms with E-state index in [9.17, 15) is 14.4 Å². The fraction of sp³-hybridized carbons (Fsp3) is 0.444. The van der Waals surface area contributed by atoms with Gasteiger partial charge in [-0.05, 0) is 11.1 Å². The number of hydrogen-bond donors (Lipinski definition) is 0. The van der Waals surface area contributed by atoms with Gasteiger partial charge in [-0.25, -0.2) is 14.4 Å². The van der Waals surface area contributed by atoms with Gasteiger partial charge in [0.25, 0.3) is 0 Å². The molecule has 2 saturated heterocycles. The lowest BCUT2D eigenvalue weighted by atomic mass is 10.2. The summed E-state index contributed by atoms with van der Waals surface area (Å²) in [5, 5.41) is 0. The van der Waals surface area contributed by atoms with Gasteiger partial charge in [0, 0.05) is 26.2 Å². The molecule has 38 heavy (non-hydrogen) atoms. The third-order valence-electron chi connectivity index (χ3n) is 6.02. The Morgan fingerprint density at radius 1 is 0.658 bits per heavy atom. The highest BCUT2D eigenvalue weighted by Crippen LogP contribution is 2.14. The van der Waals surface area contributed by atoms with Crippen molar-refractivity contribution in [3.05, 3.63) is 71.8 Å². The topological polar surface area (TPSA) is 113 Å². The highest BCUT2D eigenvalue weighted by Gasteiger charge is 2.34. The molecular formula is C27H32N2O9. The molecule has 0 bridgehead atoms. The maximum Gasteiger partial charge on any atom is 0.508 e. The van der Waals surface area contributed by atoms with E-state index >= 15 is 0 Å². The Labute approximate surface area is 221 Å². The Hall–Kier alpha value is -3.51. The summed E-state index contributed by atoms with van der Waals surface area (Å²) < 4.78 is 32.0. The zero-order chi connectivity index (χ0) is 26.6. The standard InChI is InChI=1S/C27H32N2O9/c30-25(37-19-21-7-3-1-4-8-21)23-28(11-15-33-23)13-17-35-27(32)36-18-14-29-12-16-34-24(29)26(31)38-20-22-9-5-2-6-10-22/h1-10,23-24H,11-20H2. The van der Waals surface area contributed by atoms with Gasteiger partial charge in [-0.1, -0.05) is 60.7 Å². The van der Waals surface area contributed by atoms with Crippen molar-refractivity contribution in [2.45, 2.75) is 25.7 Å². The monoisotopic (exact) mass is 528 g/mol. The minimum atomic E-state index is -0.841. The van der Waals surface area contributed by atoms with E-state index in [2.05, 4.69) is 0 Å².